The third kappa shape index (κ3) is 3.95. The summed E-state index contributed by atoms with van der Waals surface area (Å²) in [5.41, 5.74) is 2.00. The summed E-state index contributed by atoms with van der Waals surface area (Å²) in [5.74, 6) is 2.12. The summed E-state index contributed by atoms with van der Waals surface area (Å²) in [6, 6.07) is 15.8. The Bertz CT molecular complexity index is 792. The average Bonchev–Trinajstić information content (AvgIpc) is 3.03. The molecule has 0 aliphatic rings. The number of rotatable bonds is 6. The Morgan fingerprint density at radius 1 is 1.09 bits per heavy atom. The van der Waals surface area contributed by atoms with Crippen LogP contribution in [0, 0.1) is 0 Å². The molecule has 3 aromatic rings. The Hall–Kier alpha value is -1.79. The summed E-state index contributed by atoms with van der Waals surface area (Å²) in [7, 11) is 0. The molecule has 0 aliphatic carbocycles. The fraction of sp³-hybridized carbons (Fsp3) is 0.176. The van der Waals surface area contributed by atoms with E-state index in [9.17, 15) is 0 Å². The highest BCUT2D eigenvalue weighted by atomic mass is 79.9. The van der Waals surface area contributed by atoms with E-state index in [1.165, 1.54) is 11.8 Å². The van der Waals surface area contributed by atoms with Crippen molar-refractivity contribution in [3.05, 3.63) is 58.6 Å². The second kappa shape index (κ2) is 7.66. The first-order chi connectivity index (χ1) is 11.3. The Morgan fingerprint density at radius 3 is 2.70 bits per heavy atom. The highest BCUT2D eigenvalue weighted by molar-refractivity contribution is 9.10. The monoisotopic (exact) mass is 390 g/mol. The maximum absolute atomic E-state index is 5.74. The summed E-state index contributed by atoms with van der Waals surface area (Å²) in [6.07, 6.45) is 0. The van der Waals surface area contributed by atoms with E-state index in [1.807, 2.05) is 55.5 Å². The number of aromatic nitrogens is 2. The van der Waals surface area contributed by atoms with Gasteiger partial charge in [-0.1, -0.05) is 42.1 Å². The van der Waals surface area contributed by atoms with Crippen molar-refractivity contribution in [2.45, 2.75) is 17.9 Å². The van der Waals surface area contributed by atoms with Crippen molar-refractivity contribution in [3.8, 4) is 17.2 Å². The van der Waals surface area contributed by atoms with E-state index in [2.05, 4.69) is 26.1 Å². The molecule has 6 heteroatoms. The maximum Gasteiger partial charge on any atom is 0.277 e. The largest absolute Gasteiger partial charge is 0.494 e. The first-order valence-electron chi connectivity index (χ1n) is 7.20. The summed E-state index contributed by atoms with van der Waals surface area (Å²) < 4.78 is 12.3. The fourth-order valence-electron chi connectivity index (χ4n) is 2.07. The van der Waals surface area contributed by atoms with Crippen molar-refractivity contribution in [3.63, 3.8) is 0 Å². The Balaban J connectivity index is 1.72. The van der Waals surface area contributed by atoms with Gasteiger partial charge in [0, 0.05) is 15.8 Å². The number of para-hydroxylation sites is 1. The van der Waals surface area contributed by atoms with Crippen molar-refractivity contribution < 1.29 is 9.15 Å². The third-order valence-corrected chi connectivity index (χ3v) is 4.69. The van der Waals surface area contributed by atoms with E-state index >= 15 is 0 Å². The number of nitrogens with zero attached hydrogens (tertiary/aromatic N) is 2. The minimum Gasteiger partial charge on any atom is -0.494 e. The first-order valence-corrected chi connectivity index (χ1v) is 8.97. The van der Waals surface area contributed by atoms with E-state index in [1.54, 1.807) is 0 Å². The molecule has 0 N–H and O–H groups in total. The van der Waals surface area contributed by atoms with E-state index in [4.69, 9.17) is 9.15 Å². The van der Waals surface area contributed by atoms with Gasteiger partial charge in [0.05, 0.1) is 12.2 Å². The van der Waals surface area contributed by atoms with Crippen LogP contribution in [0.5, 0.6) is 5.75 Å². The van der Waals surface area contributed by atoms with Gasteiger partial charge in [-0.25, -0.2) is 0 Å². The highest BCUT2D eigenvalue weighted by Gasteiger charge is 2.12. The number of benzene rings is 2. The molecule has 0 saturated heterocycles. The van der Waals surface area contributed by atoms with Crippen molar-refractivity contribution in [2.75, 3.05) is 6.61 Å². The molecule has 23 heavy (non-hydrogen) atoms. The smallest absolute Gasteiger partial charge is 0.277 e. The first kappa shape index (κ1) is 16.1. The predicted molar refractivity (Wildman–Crippen MR) is 94.6 cm³/mol. The van der Waals surface area contributed by atoms with E-state index in [0.29, 0.717) is 23.5 Å². The lowest BCUT2D eigenvalue weighted by molar-refractivity contribution is 0.337. The Morgan fingerprint density at radius 2 is 1.87 bits per heavy atom. The number of thioether (sulfide) groups is 1. The zero-order chi connectivity index (χ0) is 16.1. The predicted octanol–water partition coefficient (Wildman–Crippen LogP) is 5.19. The van der Waals surface area contributed by atoms with Crippen molar-refractivity contribution in [1.82, 2.24) is 10.2 Å². The fourth-order valence-corrected chi connectivity index (χ4v) is 3.28. The molecule has 0 unspecified atom stereocenters. The molecule has 1 aromatic heterocycles. The maximum atomic E-state index is 5.74. The topological polar surface area (TPSA) is 48.2 Å². The van der Waals surface area contributed by atoms with Gasteiger partial charge in [0.25, 0.3) is 5.22 Å². The second-order valence-corrected chi connectivity index (χ2v) is 6.46. The van der Waals surface area contributed by atoms with Gasteiger partial charge in [-0.15, -0.1) is 10.2 Å². The standard InChI is InChI=1S/C17H15BrN2O2S/c1-2-21-15-10-6-3-7-12(15)11-23-17-20-19-16(22-17)13-8-4-5-9-14(13)18/h3-10H,2,11H2,1H3. The number of hydrogen-bond donors (Lipinski definition) is 0. The summed E-state index contributed by atoms with van der Waals surface area (Å²) in [5, 5.41) is 8.77. The van der Waals surface area contributed by atoms with Gasteiger partial charge in [0.15, 0.2) is 0 Å². The lowest BCUT2D eigenvalue weighted by atomic mass is 10.2. The van der Waals surface area contributed by atoms with E-state index in [0.717, 1.165) is 21.3 Å². The molecule has 0 bridgehead atoms. The van der Waals surface area contributed by atoms with Gasteiger partial charge in [-0.2, -0.15) is 0 Å². The van der Waals surface area contributed by atoms with Crippen molar-refractivity contribution >= 4 is 27.7 Å². The van der Waals surface area contributed by atoms with Crippen LogP contribution < -0.4 is 4.74 Å². The van der Waals surface area contributed by atoms with Crippen molar-refractivity contribution in [1.29, 1.82) is 0 Å². The van der Waals surface area contributed by atoms with Gasteiger partial charge < -0.3 is 9.15 Å². The molecule has 4 nitrogen and oxygen atoms in total. The van der Waals surface area contributed by atoms with Crippen LogP contribution in [0.1, 0.15) is 12.5 Å². The quantitative estimate of drug-likeness (QED) is 0.541. The molecule has 2 aromatic carbocycles. The van der Waals surface area contributed by atoms with Gasteiger partial charge in [0.2, 0.25) is 5.89 Å². The normalized spacial score (nSPS) is 10.7. The van der Waals surface area contributed by atoms with Crippen LogP contribution in [0.15, 0.2) is 62.6 Å². The molecule has 1 heterocycles. The Kier molecular flexibility index (Phi) is 5.35. The van der Waals surface area contributed by atoms with E-state index in [-0.39, 0.29) is 0 Å². The molecule has 0 fully saturated rings. The SMILES string of the molecule is CCOc1ccccc1CSc1nnc(-c2ccccc2Br)o1. The van der Waals surface area contributed by atoms with Gasteiger partial charge >= 0.3 is 0 Å². The third-order valence-electron chi connectivity index (χ3n) is 3.13. The molecule has 0 amide bonds. The number of ether oxygens (including phenoxy) is 1. The molecule has 0 spiro atoms. The lowest BCUT2D eigenvalue weighted by Gasteiger charge is -2.08. The molecule has 118 valence electrons. The van der Waals surface area contributed by atoms with Crippen molar-refractivity contribution in [2.24, 2.45) is 0 Å². The zero-order valence-corrected chi connectivity index (χ0v) is 14.9. The van der Waals surface area contributed by atoms with Crippen LogP contribution in [-0.2, 0) is 5.75 Å². The minimum atomic E-state index is 0.512. The van der Waals surface area contributed by atoms with Gasteiger partial charge in [-0.05, 0) is 41.1 Å². The van der Waals surface area contributed by atoms with Crippen LogP contribution in [0.3, 0.4) is 0 Å². The minimum absolute atomic E-state index is 0.512. The lowest BCUT2D eigenvalue weighted by Crippen LogP contribution is -1.95. The summed E-state index contributed by atoms with van der Waals surface area (Å²) in [6.45, 7) is 2.63. The number of halogens is 1. The van der Waals surface area contributed by atoms with Crippen LogP contribution in [0.25, 0.3) is 11.5 Å². The zero-order valence-electron chi connectivity index (χ0n) is 12.5. The highest BCUT2D eigenvalue weighted by Crippen LogP contribution is 2.31. The molecule has 0 radical (unpaired) electrons. The molecule has 3 rings (SSSR count). The van der Waals surface area contributed by atoms with Crippen LogP contribution in [0.4, 0.5) is 0 Å². The summed E-state index contributed by atoms with van der Waals surface area (Å²) in [4.78, 5) is 0. The van der Waals surface area contributed by atoms with Gasteiger partial charge in [-0.3, -0.25) is 0 Å². The molecule has 0 aliphatic heterocycles. The molecule has 0 atom stereocenters. The molecular weight excluding hydrogens is 376 g/mol. The van der Waals surface area contributed by atoms with Gasteiger partial charge in [0.1, 0.15) is 5.75 Å². The average molecular weight is 391 g/mol. The van der Waals surface area contributed by atoms with E-state index < -0.39 is 0 Å². The summed E-state index contributed by atoms with van der Waals surface area (Å²) >= 11 is 4.99. The van der Waals surface area contributed by atoms with Crippen LogP contribution in [-0.4, -0.2) is 16.8 Å². The number of hydrogen-bond acceptors (Lipinski definition) is 5. The Labute approximate surface area is 147 Å². The second-order valence-electron chi connectivity index (χ2n) is 4.68. The molecular formula is C17H15BrN2O2S. The van der Waals surface area contributed by atoms with Crippen LogP contribution >= 0.6 is 27.7 Å². The van der Waals surface area contributed by atoms with Crippen LogP contribution in [0.2, 0.25) is 0 Å². The molecule has 0 saturated carbocycles.